The molecule has 1 heterocycles. The van der Waals surface area contributed by atoms with Gasteiger partial charge >= 0.3 is 0 Å². The Labute approximate surface area is 116 Å². The van der Waals surface area contributed by atoms with E-state index in [1.165, 1.54) is 0 Å². The van der Waals surface area contributed by atoms with Gasteiger partial charge in [0.2, 0.25) is 0 Å². The molecule has 0 aliphatic carbocycles. The van der Waals surface area contributed by atoms with Crippen LogP contribution in [0, 0.1) is 11.3 Å². The van der Waals surface area contributed by atoms with Crippen molar-refractivity contribution in [2.75, 3.05) is 5.32 Å². The Balaban J connectivity index is 2.23. The molecule has 0 amide bonds. The van der Waals surface area contributed by atoms with Crippen LogP contribution in [0.5, 0.6) is 0 Å². The second-order valence-electron chi connectivity index (χ2n) is 4.71. The van der Waals surface area contributed by atoms with Gasteiger partial charge in [0.1, 0.15) is 0 Å². The summed E-state index contributed by atoms with van der Waals surface area (Å²) >= 11 is 0. The highest BCUT2D eigenvalue weighted by molar-refractivity contribution is 6.12. The van der Waals surface area contributed by atoms with Crippen molar-refractivity contribution in [1.82, 2.24) is 0 Å². The molecule has 0 fully saturated rings. The lowest BCUT2D eigenvalue weighted by atomic mass is 9.71. The maximum absolute atomic E-state index is 12.8. The molecule has 0 saturated carbocycles. The van der Waals surface area contributed by atoms with Crippen molar-refractivity contribution >= 4 is 11.5 Å². The minimum Gasteiger partial charge on any atom is -0.371 e. The van der Waals surface area contributed by atoms with Crippen molar-refractivity contribution < 1.29 is 9.90 Å². The van der Waals surface area contributed by atoms with Crippen LogP contribution in [0.1, 0.15) is 15.9 Å². The summed E-state index contributed by atoms with van der Waals surface area (Å²) in [6.45, 7) is 0. The number of anilines is 1. The lowest BCUT2D eigenvalue weighted by Crippen LogP contribution is -2.52. The lowest BCUT2D eigenvalue weighted by molar-refractivity contribution is 0.0729. The molecule has 4 heteroatoms. The van der Waals surface area contributed by atoms with Crippen LogP contribution in [-0.4, -0.2) is 17.1 Å². The number of rotatable bonds is 1. The first-order valence-electron chi connectivity index (χ1n) is 6.25. The van der Waals surface area contributed by atoms with Gasteiger partial charge in [0.05, 0.1) is 6.07 Å². The van der Waals surface area contributed by atoms with E-state index in [1.54, 1.807) is 54.6 Å². The summed E-state index contributed by atoms with van der Waals surface area (Å²) in [7, 11) is 0. The highest BCUT2D eigenvalue weighted by atomic mass is 16.3. The van der Waals surface area contributed by atoms with Gasteiger partial charge in [0, 0.05) is 11.3 Å². The fourth-order valence-corrected chi connectivity index (χ4v) is 2.57. The minimum atomic E-state index is -1.62. The number of benzene rings is 2. The molecule has 2 aromatic rings. The molecule has 98 valence electrons. The first-order chi connectivity index (χ1) is 9.70. The lowest BCUT2D eigenvalue weighted by Gasteiger charge is -2.36. The Morgan fingerprint density at radius 1 is 1.10 bits per heavy atom. The van der Waals surface area contributed by atoms with Crippen LogP contribution in [0.15, 0.2) is 54.6 Å². The van der Waals surface area contributed by atoms with Gasteiger partial charge in [0.25, 0.3) is 0 Å². The summed E-state index contributed by atoms with van der Waals surface area (Å²) in [6, 6.07) is 17.5. The Bertz CT molecular complexity index is 706. The number of Topliss-reactive ketones (excluding diaryl/α,β-unsaturated/α-hetero) is 1. The van der Waals surface area contributed by atoms with E-state index in [9.17, 15) is 15.2 Å². The second kappa shape index (κ2) is 4.48. The molecule has 0 unspecified atom stereocenters. The number of hydrogen-bond acceptors (Lipinski definition) is 4. The Morgan fingerprint density at radius 3 is 2.45 bits per heavy atom. The Hall–Kier alpha value is -2.64. The van der Waals surface area contributed by atoms with Crippen molar-refractivity contribution in [2.24, 2.45) is 0 Å². The third kappa shape index (κ3) is 1.54. The SMILES string of the molecule is N#C[C@@]1(c2ccccc2)C(=O)c2ccccc2N[C@@H]1O. The second-order valence-corrected chi connectivity index (χ2v) is 4.71. The highest BCUT2D eigenvalue weighted by Crippen LogP contribution is 2.38. The molecule has 2 N–H and O–H groups in total. The summed E-state index contributed by atoms with van der Waals surface area (Å²) in [5.74, 6) is -0.381. The number of hydrogen-bond donors (Lipinski definition) is 2. The minimum absolute atomic E-state index is 0.381. The van der Waals surface area contributed by atoms with Crippen LogP contribution in [0.25, 0.3) is 0 Å². The van der Waals surface area contributed by atoms with Crippen molar-refractivity contribution in [3.05, 3.63) is 65.7 Å². The standard InChI is InChI=1S/C16H12N2O2/c17-10-16(11-6-2-1-3-7-11)14(19)12-8-4-5-9-13(12)18-15(16)20/h1-9,15,18,20H/t15-,16-/m1/s1. The van der Waals surface area contributed by atoms with Gasteiger partial charge in [-0.05, 0) is 17.7 Å². The number of fused-ring (bicyclic) bond motifs is 1. The highest BCUT2D eigenvalue weighted by Gasteiger charge is 2.51. The van der Waals surface area contributed by atoms with Crippen LogP contribution >= 0.6 is 0 Å². The summed E-state index contributed by atoms with van der Waals surface area (Å²) in [5, 5.41) is 22.8. The van der Waals surface area contributed by atoms with Crippen LogP contribution in [0.2, 0.25) is 0 Å². The van der Waals surface area contributed by atoms with Gasteiger partial charge in [-0.2, -0.15) is 5.26 Å². The quantitative estimate of drug-likeness (QED) is 0.827. The molecule has 20 heavy (non-hydrogen) atoms. The van der Waals surface area contributed by atoms with E-state index in [-0.39, 0.29) is 5.78 Å². The van der Waals surface area contributed by atoms with Crippen LogP contribution < -0.4 is 5.32 Å². The average molecular weight is 264 g/mol. The summed E-state index contributed by atoms with van der Waals surface area (Å²) < 4.78 is 0. The molecular weight excluding hydrogens is 252 g/mol. The zero-order chi connectivity index (χ0) is 14.2. The third-order valence-electron chi connectivity index (χ3n) is 3.64. The molecule has 0 aromatic heterocycles. The number of nitrogens with zero attached hydrogens (tertiary/aromatic N) is 1. The number of nitrogens with one attached hydrogen (secondary N) is 1. The van der Waals surface area contributed by atoms with Gasteiger partial charge in [-0.1, -0.05) is 42.5 Å². The maximum Gasteiger partial charge on any atom is 0.194 e. The number of nitriles is 1. The van der Waals surface area contributed by atoms with Gasteiger partial charge in [-0.3, -0.25) is 4.79 Å². The van der Waals surface area contributed by atoms with E-state index in [0.29, 0.717) is 16.8 Å². The molecular formula is C16H12N2O2. The van der Waals surface area contributed by atoms with Gasteiger partial charge in [0.15, 0.2) is 17.4 Å². The average Bonchev–Trinajstić information content (AvgIpc) is 2.49. The maximum atomic E-state index is 12.8. The Morgan fingerprint density at radius 2 is 1.75 bits per heavy atom. The van der Waals surface area contributed by atoms with Gasteiger partial charge in [-0.25, -0.2) is 0 Å². The van der Waals surface area contributed by atoms with E-state index < -0.39 is 11.6 Å². The summed E-state index contributed by atoms with van der Waals surface area (Å²) in [6.07, 6.45) is -1.28. The molecule has 0 radical (unpaired) electrons. The largest absolute Gasteiger partial charge is 0.371 e. The summed E-state index contributed by atoms with van der Waals surface area (Å²) in [4.78, 5) is 12.8. The first kappa shape index (κ1) is 12.4. The van der Waals surface area contributed by atoms with E-state index in [2.05, 4.69) is 5.32 Å². The summed E-state index contributed by atoms with van der Waals surface area (Å²) in [5.41, 5.74) is -0.160. The number of carbonyl (C=O) groups is 1. The predicted octanol–water partition coefficient (Wildman–Crippen LogP) is 2.07. The Kier molecular flexibility index (Phi) is 2.78. The molecule has 4 nitrogen and oxygen atoms in total. The zero-order valence-electron chi connectivity index (χ0n) is 10.6. The van der Waals surface area contributed by atoms with Crippen LogP contribution in [-0.2, 0) is 5.41 Å². The molecule has 0 saturated heterocycles. The van der Waals surface area contributed by atoms with Crippen LogP contribution in [0.3, 0.4) is 0 Å². The third-order valence-corrected chi connectivity index (χ3v) is 3.64. The molecule has 2 atom stereocenters. The van der Waals surface area contributed by atoms with E-state index in [1.807, 2.05) is 6.07 Å². The monoisotopic (exact) mass is 264 g/mol. The normalized spacial score (nSPS) is 24.4. The smallest absolute Gasteiger partial charge is 0.194 e. The number of aliphatic hydroxyl groups excluding tert-OH is 1. The number of carbonyl (C=O) groups excluding carboxylic acids is 1. The number of ketones is 1. The zero-order valence-corrected chi connectivity index (χ0v) is 10.6. The van der Waals surface area contributed by atoms with E-state index >= 15 is 0 Å². The molecule has 0 spiro atoms. The number of aliphatic hydroxyl groups is 1. The topological polar surface area (TPSA) is 73.1 Å². The number of para-hydroxylation sites is 1. The molecule has 0 bridgehead atoms. The molecule has 3 rings (SSSR count). The van der Waals surface area contributed by atoms with Crippen molar-refractivity contribution in [2.45, 2.75) is 11.6 Å². The first-order valence-corrected chi connectivity index (χ1v) is 6.25. The van der Waals surface area contributed by atoms with Crippen molar-refractivity contribution in [3.63, 3.8) is 0 Å². The predicted molar refractivity (Wildman–Crippen MR) is 74.1 cm³/mol. The van der Waals surface area contributed by atoms with Crippen molar-refractivity contribution in [1.29, 1.82) is 5.26 Å². The fourth-order valence-electron chi connectivity index (χ4n) is 2.57. The van der Waals surface area contributed by atoms with Crippen LogP contribution in [0.4, 0.5) is 5.69 Å². The van der Waals surface area contributed by atoms with E-state index in [4.69, 9.17) is 0 Å². The fraction of sp³-hybridized carbons (Fsp3) is 0.125. The van der Waals surface area contributed by atoms with Gasteiger partial charge < -0.3 is 10.4 Å². The van der Waals surface area contributed by atoms with Gasteiger partial charge in [-0.15, -0.1) is 0 Å². The van der Waals surface area contributed by atoms with E-state index in [0.717, 1.165) is 0 Å². The molecule has 2 aromatic carbocycles. The van der Waals surface area contributed by atoms with Crippen molar-refractivity contribution in [3.8, 4) is 6.07 Å². The molecule has 1 aliphatic rings. The molecule has 1 aliphatic heterocycles.